The lowest BCUT2D eigenvalue weighted by Crippen LogP contribution is -2.22. The number of esters is 1. The fourth-order valence-corrected chi connectivity index (χ4v) is 2.22. The van der Waals surface area contributed by atoms with Crippen LogP contribution in [0.4, 0.5) is 17.5 Å². The van der Waals surface area contributed by atoms with Gasteiger partial charge in [0.1, 0.15) is 11.4 Å². The summed E-state index contributed by atoms with van der Waals surface area (Å²) in [7, 11) is 3.29. The molecule has 0 aliphatic rings. The predicted octanol–water partition coefficient (Wildman–Crippen LogP) is 2.33. The molecular weight excluding hydrogens is 346 g/mol. The monoisotopic (exact) mass is 363 g/mol. The van der Waals surface area contributed by atoms with Gasteiger partial charge in [0.15, 0.2) is 0 Å². The van der Waals surface area contributed by atoms with Gasteiger partial charge < -0.3 is 20.7 Å². The van der Waals surface area contributed by atoms with Crippen molar-refractivity contribution in [2.24, 2.45) is 0 Å². The van der Waals surface area contributed by atoms with E-state index in [1.165, 1.54) is 11.1 Å². The lowest BCUT2D eigenvalue weighted by molar-refractivity contribution is 0.0526. The van der Waals surface area contributed by atoms with Crippen LogP contribution < -0.4 is 11.1 Å². The Bertz CT molecular complexity index is 810. The Hall–Kier alpha value is -2.87. The van der Waals surface area contributed by atoms with Gasteiger partial charge in [0.05, 0.1) is 17.2 Å². The molecule has 0 spiro atoms. The van der Waals surface area contributed by atoms with Crippen molar-refractivity contribution in [2.45, 2.75) is 6.92 Å². The molecule has 2 aromatic rings. The van der Waals surface area contributed by atoms with Crippen molar-refractivity contribution in [3.8, 4) is 0 Å². The molecular formula is C16H18ClN5O3. The number of amides is 1. The van der Waals surface area contributed by atoms with E-state index in [1.54, 1.807) is 39.2 Å². The molecule has 0 aliphatic heterocycles. The summed E-state index contributed by atoms with van der Waals surface area (Å²) in [6, 6.07) is 4.85. The van der Waals surface area contributed by atoms with Gasteiger partial charge in [-0.05, 0) is 25.1 Å². The van der Waals surface area contributed by atoms with Crippen molar-refractivity contribution in [1.82, 2.24) is 14.9 Å². The van der Waals surface area contributed by atoms with Crippen LogP contribution in [0.5, 0.6) is 0 Å². The first-order valence-electron chi connectivity index (χ1n) is 7.41. The van der Waals surface area contributed by atoms with E-state index in [0.717, 1.165) is 0 Å². The Kier molecular flexibility index (Phi) is 5.76. The maximum Gasteiger partial charge on any atom is 0.343 e. The van der Waals surface area contributed by atoms with Gasteiger partial charge >= 0.3 is 5.97 Å². The molecule has 3 N–H and O–H groups in total. The highest BCUT2D eigenvalue weighted by Crippen LogP contribution is 2.24. The average Bonchev–Trinajstić information content (AvgIpc) is 2.54. The number of nitrogens with zero attached hydrogens (tertiary/aromatic N) is 3. The SMILES string of the molecule is CCOC(=O)c1cnc(Nc2ccc(C(=O)N(C)C)c(Cl)c2)nc1N. The summed E-state index contributed by atoms with van der Waals surface area (Å²) in [5.74, 6) is -0.591. The third kappa shape index (κ3) is 4.36. The van der Waals surface area contributed by atoms with Gasteiger partial charge in [-0.2, -0.15) is 4.98 Å². The van der Waals surface area contributed by atoms with Crippen LogP contribution in [0.15, 0.2) is 24.4 Å². The summed E-state index contributed by atoms with van der Waals surface area (Å²) in [5.41, 5.74) is 6.82. The molecule has 132 valence electrons. The minimum atomic E-state index is -0.582. The number of ether oxygens (including phenoxy) is 1. The minimum absolute atomic E-state index is 0.00135. The highest BCUT2D eigenvalue weighted by Gasteiger charge is 2.15. The van der Waals surface area contributed by atoms with Gasteiger partial charge in [-0.3, -0.25) is 4.79 Å². The number of aromatic nitrogens is 2. The number of rotatable bonds is 5. The molecule has 8 nitrogen and oxygen atoms in total. The fraction of sp³-hybridized carbons (Fsp3) is 0.250. The first kappa shape index (κ1) is 18.5. The van der Waals surface area contributed by atoms with E-state index in [-0.39, 0.29) is 29.8 Å². The van der Waals surface area contributed by atoms with Crippen molar-refractivity contribution in [2.75, 3.05) is 31.8 Å². The number of hydrogen-bond donors (Lipinski definition) is 2. The molecule has 2 rings (SSSR count). The minimum Gasteiger partial charge on any atom is -0.462 e. The summed E-state index contributed by atoms with van der Waals surface area (Å²) in [6.07, 6.45) is 1.29. The highest BCUT2D eigenvalue weighted by molar-refractivity contribution is 6.34. The zero-order chi connectivity index (χ0) is 18.6. The van der Waals surface area contributed by atoms with E-state index >= 15 is 0 Å². The van der Waals surface area contributed by atoms with Gasteiger partial charge in [-0.15, -0.1) is 0 Å². The van der Waals surface area contributed by atoms with E-state index < -0.39 is 5.97 Å². The quantitative estimate of drug-likeness (QED) is 0.784. The maximum absolute atomic E-state index is 12.0. The molecule has 0 bridgehead atoms. The molecule has 0 aliphatic carbocycles. The van der Waals surface area contributed by atoms with Gasteiger partial charge in [0.25, 0.3) is 5.91 Å². The van der Waals surface area contributed by atoms with Gasteiger partial charge in [-0.1, -0.05) is 11.6 Å². The molecule has 0 unspecified atom stereocenters. The number of nitrogens with one attached hydrogen (secondary N) is 1. The smallest absolute Gasteiger partial charge is 0.343 e. The summed E-state index contributed by atoms with van der Waals surface area (Å²) in [6.45, 7) is 1.92. The van der Waals surface area contributed by atoms with Crippen LogP contribution >= 0.6 is 11.6 Å². The maximum atomic E-state index is 12.0. The van der Waals surface area contributed by atoms with Crippen LogP contribution in [0, 0.1) is 0 Å². The summed E-state index contributed by atoms with van der Waals surface area (Å²) >= 11 is 6.15. The molecule has 0 fully saturated rings. The molecule has 1 aromatic heterocycles. The van der Waals surface area contributed by atoms with Crippen LogP contribution in [0.2, 0.25) is 5.02 Å². The Morgan fingerprint density at radius 3 is 2.60 bits per heavy atom. The van der Waals surface area contributed by atoms with E-state index in [0.29, 0.717) is 16.3 Å². The zero-order valence-corrected chi connectivity index (χ0v) is 14.8. The van der Waals surface area contributed by atoms with E-state index in [2.05, 4.69) is 15.3 Å². The molecule has 0 radical (unpaired) electrons. The lowest BCUT2D eigenvalue weighted by atomic mass is 10.2. The summed E-state index contributed by atoms with van der Waals surface area (Å²) < 4.78 is 4.86. The van der Waals surface area contributed by atoms with Gasteiger partial charge in [0, 0.05) is 26.0 Å². The van der Waals surface area contributed by atoms with Crippen molar-refractivity contribution >= 4 is 40.9 Å². The van der Waals surface area contributed by atoms with Gasteiger partial charge in [0.2, 0.25) is 5.95 Å². The van der Waals surface area contributed by atoms with Crippen molar-refractivity contribution in [3.63, 3.8) is 0 Å². The predicted molar refractivity (Wildman–Crippen MR) is 95.2 cm³/mol. The number of benzene rings is 1. The fourth-order valence-electron chi connectivity index (χ4n) is 1.96. The van der Waals surface area contributed by atoms with E-state index in [4.69, 9.17) is 22.1 Å². The summed E-state index contributed by atoms with van der Waals surface area (Å²) in [5, 5.41) is 3.21. The largest absolute Gasteiger partial charge is 0.462 e. The van der Waals surface area contributed by atoms with Crippen LogP contribution in [0.3, 0.4) is 0 Å². The molecule has 25 heavy (non-hydrogen) atoms. The number of halogens is 1. The number of hydrogen-bond acceptors (Lipinski definition) is 7. The van der Waals surface area contributed by atoms with Crippen LogP contribution in [0.25, 0.3) is 0 Å². The molecule has 0 saturated carbocycles. The first-order chi connectivity index (χ1) is 11.8. The number of carbonyl (C=O) groups is 2. The molecule has 1 heterocycles. The standard InChI is InChI=1S/C16H18ClN5O3/c1-4-25-15(24)11-8-19-16(21-13(11)18)20-9-5-6-10(12(17)7-9)14(23)22(2)3/h5-8H,4H2,1-3H3,(H3,18,19,20,21). The Balaban J connectivity index is 2.20. The van der Waals surface area contributed by atoms with Gasteiger partial charge in [-0.25, -0.2) is 9.78 Å². The molecule has 1 amide bonds. The number of carbonyl (C=O) groups excluding carboxylic acids is 2. The molecule has 0 atom stereocenters. The number of nitrogen functional groups attached to an aromatic ring is 1. The van der Waals surface area contributed by atoms with Crippen molar-refractivity contribution < 1.29 is 14.3 Å². The van der Waals surface area contributed by atoms with Crippen LogP contribution in [-0.2, 0) is 4.74 Å². The topological polar surface area (TPSA) is 110 Å². The molecule has 1 aromatic carbocycles. The first-order valence-corrected chi connectivity index (χ1v) is 7.79. The lowest BCUT2D eigenvalue weighted by Gasteiger charge is -2.13. The normalized spacial score (nSPS) is 10.2. The van der Waals surface area contributed by atoms with Crippen LogP contribution in [-0.4, -0.2) is 47.4 Å². The number of anilines is 3. The second-order valence-corrected chi connectivity index (χ2v) is 5.64. The zero-order valence-electron chi connectivity index (χ0n) is 14.0. The third-order valence-electron chi connectivity index (χ3n) is 3.18. The van der Waals surface area contributed by atoms with Crippen LogP contribution in [0.1, 0.15) is 27.6 Å². The molecule has 9 heteroatoms. The second kappa shape index (κ2) is 7.80. The van der Waals surface area contributed by atoms with Crippen molar-refractivity contribution in [1.29, 1.82) is 0 Å². The van der Waals surface area contributed by atoms with E-state index in [1.807, 2.05) is 0 Å². The van der Waals surface area contributed by atoms with E-state index in [9.17, 15) is 9.59 Å². The Morgan fingerprint density at radius 1 is 1.32 bits per heavy atom. The Morgan fingerprint density at radius 2 is 2.04 bits per heavy atom. The Labute approximate surface area is 150 Å². The highest BCUT2D eigenvalue weighted by atomic mass is 35.5. The molecule has 0 saturated heterocycles. The second-order valence-electron chi connectivity index (χ2n) is 5.23. The van der Waals surface area contributed by atoms with Crippen molar-refractivity contribution in [3.05, 3.63) is 40.5 Å². The number of nitrogens with two attached hydrogens (primary N) is 1. The third-order valence-corrected chi connectivity index (χ3v) is 3.49. The average molecular weight is 364 g/mol. The summed E-state index contributed by atoms with van der Waals surface area (Å²) in [4.78, 5) is 33.1.